The van der Waals surface area contributed by atoms with Crippen LogP contribution in [0, 0.1) is 0 Å². The molecule has 0 aliphatic carbocycles. The van der Waals surface area contributed by atoms with E-state index in [1.165, 1.54) is 18.9 Å². The van der Waals surface area contributed by atoms with Crippen molar-refractivity contribution in [3.8, 4) is 0 Å². The molecule has 1 fully saturated rings. The average Bonchev–Trinajstić information content (AvgIpc) is 3.47. The van der Waals surface area contributed by atoms with Gasteiger partial charge < -0.3 is 30.0 Å². The number of urea groups is 1. The Morgan fingerprint density at radius 1 is 1.05 bits per heavy atom. The molecule has 230 valence electrons. The number of rotatable bonds is 11. The molecule has 12 nitrogen and oxygen atoms in total. The molecule has 4 aromatic rings. The number of anilines is 1. The number of aryl methyl sites for hydroxylation is 1. The predicted octanol–water partition coefficient (Wildman–Crippen LogP) is 3.95. The molecule has 1 aliphatic rings. The Hall–Kier alpha value is -4.30. The van der Waals surface area contributed by atoms with E-state index in [1.54, 1.807) is 29.9 Å². The highest BCUT2D eigenvalue weighted by molar-refractivity contribution is 7.99. The number of aromatic nitrogens is 4. The summed E-state index contributed by atoms with van der Waals surface area (Å²) in [7, 11) is 3.07. The van der Waals surface area contributed by atoms with Crippen molar-refractivity contribution in [2.75, 3.05) is 18.2 Å². The van der Waals surface area contributed by atoms with Gasteiger partial charge in [0.05, 0.1) is 25.9 Å². The summed E-state index contributed by atoms with van der Waals surface area (Å²) in [5.41, 5.74) is 3.88. The number of amides is 2. The zero-order chi connectivity index (χ0) is 30.9. The molecule has 1 saturated heterocycles. The lowest BCUT2D eigenvalue weighted by Gasteiger charge is -2.36. The predicted molar refractivity (Wildman–Crippen MR) is 162 cm³/mol. The molecule has 3 aromatic carbocycles. The first kappa shape index (κ1) is 31.1. The monoisotopic (exact) mass is 618 g/mol. The number of hydrogen-bond acceptors (Lipinski definition) is 10. The quantitative estimate of drug-likeness (QED) is 0.167. The van der Waals surface area contributed by atoms with Crippen molar-refractivity contribution in [3.63, 3.8) is 0 Å². The first-order chi connectivity index (χ1) is 21.4. The number of aliphatic hydroxyl groups is 1. The normalized spacial score (nSPS) is 18.8. The lowest BCUT2D eigenvalue weighted by atomic mass is 10.0. The maximum absolute atomic E-state index is 13.0. The number of nitrogens with one attached hydrogen (secondary N) is 2. The minimum absolute atomic E-state index is 0.0391. The Labute approximate surface area is 259 Å². The number of hydrogen-bond donors (Lipinski definition) is 3. The smallest absolute Gasteiger partial charge is 0.328 e. The van der Waals surface area contributed by atoms with Gasteiger partial charge in [-0.05, 0) is 39.2 Å². The van der Waals surface area contributed by atoms with Crippen molar-refractivity contribution >= 4 is 29.4 Å². The summed E-state index contributed by atoms with van der Waals surface area (Å²) in [4.78, 5) is 25.4. The minimum Gasteiger partial charge on any atom is -0.467 e. The lowest BCUT2D eigenvalue weighted by molar-refractivity contribution is -0.245. The molecule has 5 rings (SSSR count). The van der Waals surface area contributed by atoms with Gasteiger partial charge in [0.25, 0.3) is 0 Å². The first-order valence-corrected chi connectivity index (χ1v) is 15.1. The molecule has 3 N–H and O–H groups in total. The fourth-order valence-corrected chi connectivity index (χ4v) is 5.67. The van der Waals surface area contributed by atoms with Crippen LogP contribution in [0.25, 0.3) is 0 Å². The fourth-order valence-electron chi connectivity index (χ4n) is 4.81. The van der Waals surface area contributed by atoms with Crippen molar-refractivity contribution in [3.05, 3.63) is 101 Å². The van der Waals surface area contributed by atoms with Crippen LogP contribution in [-0.2, 0) is 39.1 Å². The van der Waals surface area contributed by atoms with E-state index in [-0.39, 0.29) is 25.2 Å². The second-order valence-corrected chi connectivity index (χ2v) is 11.2. The molecule has 0 spiro atoms. The number of carbonyl (C=O) groups is 2. The van der Waals surface area contributed by atoms with E-state index in [2.05, 4.69) is 26.2 Å². The Bertz CT molecular complexity index is 1540. The summed E-state index contributed by atoms with van der Waals surface area (Å²) in [5, 5.41) is 27.3. The summed E-state index contributed by atoms with van der Waals surface area (Å²) in [6, 6.07) is 22.8. The molecule has 1 aliphatic heterocycles. The van der Waals surface area contributed by atoms with E-state index < -0.39 is 24.3 Å². The van der Waals surface area contributed by atoms with Gasteiger partial charge in [0, 0.05) is 36.9 Å². The number of benzene rings is 3. The number of ether oxygens (including phenoxy) is 3. The maximum Gasteiger partial charge on any atom is 0.328 e. The molecule has 0 bridgehead atoms. The second kappa shape index (κ2) is 14.9. The zero-order valence-corrected chi connectivity index (χ0v) is 25.1. The highest BCUT2D eigenvalue weighted by atomic mass is 32.2. The zero-order valence-electron chi connectivity index (χ0n) is 24.3. The topological polar surface area (TPSA) is 150 Å². The molecule has 2 heterocycles. The summed E-state index contributed by atoms with van der Waals surface area (Å²) >= 11 is 1.49. The first-order valence-electron chi connectivity index (χ1n) is 14.1. The van der Waals surface area contributed by atoms with Crippen LogP contribution in [0.2, 0.25) is 0 Å². The van der Waals surface area contributed by atoms with Crippen LogP contribution in [0.3, 0.4) is 0 Å². The molecule has 2 amide bonds. The van der Waals surface area contributed by atoms with Crippen LogP contribution in [0.15, 0.2) is 84.0 Å². The van der Waals surface area contributed by atoms with Crippen molar-refractivity contribution in [1.82, 2.24) is 25.5 Å². The number of nitrogens with zero attached hydrogens (tertiary/aromatic N) is 4. The van der Waals surface area contributed by atoms with Crippen LogP contribution in [0.4, 0.5) is 10.5 Å². The van der Waals surface area contributed by atoms with Crippen LogP contribution >= 0.6 is 11.8 Å². The van der Waals surface area contributed by atoms with E-state index in [0.717, 1.165) is 16.7 Å². The van der Waals surface area contributed by atoms with Gasteiger partial charge in [0.15, 0.2) is 6.29 Å². The van der Waals surface area contributed by atoms with E-state index >= 15 is 0 Å². The van der Waals surface area contributed by atoms with Gasteiger partial charge in [0.1, 0.15) is 6.04 Å². The Balaban J connectivity index is 1.29. The number of tetrazole rings is 1. The van der Waals surface area contributed by atoms with Crippen LogP contribution in [-0.4, -0.2) is 62.3 Å². The third kappa shape index (κ3) is 8.20. The summed E-state index contributed by atoms with van der Waals surface area (Å²) in [5.74, 6) is 0.0523. The minimum atomic E-state index is -0.865. The van der Waals surface area contributed by atoms with E-state index in [0.29, 0.717) is 28.6 Å². The number of esters is 1. The number of carbonyl (C=O) groups excluding carboxylic acids is 2. The van der Waals surface area contributed by atoms with Crippen molar-refractivity contribution in [1.29, 1.82) is 0 Å². The van der Waals surface area contributed by atoms with Gasteiger partial charge >= 0.3 is 12.0 Å². The summed E-state index contributed by atoms with van der Waals surface area (Å²) in [6.45, 7) is -0.0391. The van der Waals surface area contributed by atoms with Gasteiger partial charge in [-0.3, -0.25) is 0 Å². The molecule has 4 atom stereocenters. The highest BCUT2D eigenvalue weighted by Gasteiger charge is 2.33. The van der Waals surface area contributed by atoms with Crippen molar-refractivity contribution < 1.29 is 28.9 Å². The van der Waals surface area contributed by atoms with E-state index in [4.69, 9.17) is 14.2 Å². The molecule has 13 heteroatoms. The largest absolute Gasteiger partial charge is 0.467 e. The molecular weight excluding hydrogens is 584 g/mol. The Morgan fingerprint density at radius 2 is 1.84 bits per heavy atom. The highest BCUT2D eigenvalue weighted by Crippen LogP contribution is 2.39. The summed E-state index contributed by atoms with van der Waals surface area (Å²) in [6.07, 6.45) is -0.306. The lowest BCUT2D eigenvalue weighted by Crippen LogP contribution is -2.45. The second-order valence-electron chi connectivity index (χ2n) is 10.2. The van der Waals surface area contributed by atoms with E-state index in [9.17, 15) is 14.7 Å². The Kier molecular flexibility index (Phi) is 10.6. The number of aliphatic hydroxyl groups excluding tert-OH is 1. The average molecular weight is 619 g/mol. The fraction of sp³-hybridized carbons (Fsp3) is 0.323. The van der Waals surface area contributed by atoms with Crippen LogP contribution in [0.5, 0.6) is 0 Å². The maximum atomic E-state index is 13.0. The molecular formula is C31H34N6O6S. The van der Waals surface area contributed by atoms with Crippen molar-refractivity contribution in [2.45, 2.75) is 49.1 Å². The number of methoxy groups -OCH3 is 1. The molecule has 44 heavy (non-hydrogen) atoms. The molecule has 0 saturated carbocycles. The van der Waals surface area contributed by atoms with Crippen molar-refractivity contribution in [2.24, 2.45) is 7.05 Å². The summed E-state index contributed by atoms with van der Waals surface area (Å²) < 4.78 is 19.3. The number of thioether (sulfide) groups is 1. The van der Waals surface area contributed by atoms with E-state index in [1.807, 2.05) is 60.7 Å². The molecule has 4 unspecified atom stereocenters. The van der Waals surface area contributed by atoms with Crippen LogP contribution < -0.4 is 10.6 Å². The third-order valence-corrected chi connectivity index (χ3v) is 8.23. The van der Waals surface area contributed by atoms with Gasteiger partial charge in [-0.15, -0.1) is 5.10 Å². The standard InChI is InChI=1S/C31H34N6O6S/c1-37-31(34-35-36-37)44-19-25-17-27(22-13-11-21(18-38)12-14-22)43-29(42-25)23-9-6-10-24(16-23)32-30(40)33-26(28(39)41-2)15-20-7-4-3-5-8-20/h3-14,16,25-27,29,38H,15,17-19H2,1-2H3,(H2,32,33,40). The third-order valence-electron chi connectivity index (χ3n) is 7.08. The van der Waals surface area contributed by atoms with Gasteiger partial charge in [0.2, 0.25) is 5.16 Å². The van der Waals surface area contributed by atoms with Gasteiger partial charge in [-0.1, -0.05) is 78.5 Å². The molecule has 0 radical (unpaired) electrons. The SMILES string of the molecule is COC(=O)C(Cc1ccccc1)NC(=O)Nc1cccc(C2OC(CSc3nnnn3C)CC(c3ccc(CO)cc3)O2)c1. The Morgan fingerprint density at radius 3 is 2.55 bits per heavy atom. The van der Waals surface area contributed by atoms with Gasteiger partial charge in [-0.25, -0.2) is 14.3 Å². The van der Waals surface area contributed by atoms with Crippen LogP contribution in [0.1, 0.15) is 41.1 Å². The molecule has 1 aromatic heterocycles. The van der Waals surface area contributed by atoms with Gasteiger partial charge in [-0.2, -0.15) is 0 Å².